The van der Waals surface area contributed by atoms with Gasteiger partial charge in [-0.1, -0.05) is 19.0 Å². The lowest BCUT2D eigenvalue weighted by molar-refractivity contribution is -0.137. The molecule has 18 heavy (non-hydrogen) atoms. The second kappa shape index (κ2) is 6.63. The first-order valence-corrected chi connectivity index (χ1v) is 5.64. The maximum absolute atomic E-state index is 11.6. The minimum absolute atomic E-state index is 0.0390. The molecule has 3 N–H and O–H groups in total. The van der Waals surface area contributed by atoms with E-state index in [1.165, 1.54) is 6.20 Å². The lowest BCUT2D eigenvalue weighted by Gasteiger charge is -2.20. The lowest BCUT2D eigenvalue weighted by atomic mass is 10.0. The van der Waals surface area contributed by atoms with E-state index in [2.05, 4.69) is 15.8 Å². The van der Waals surface area contributed by atoms with Crippen molar-refractivity contribution in [2.24, 2.45) is 5.92 Å². The number of nitrogens with zero attached hydrogens (tertiary/aromatic N) is 1. The van der Waals surface area contributed by atoms with Crippen LogP contribution in [0.15, 0.2) is 16.8 Å². The van der Waals surface area contributed by atoms with Crippen molar-refractivity contribution in [1.82, 2.24) is 15.8 Å². The molecular weight excluding hydrogens is 238 g/mol. The minimum Gasteiger partial charge on any atom is -0.481 e. The zero-order valence-electron chi connectivity index (χ0n) is 10.3. The van der Waals surface area contributed by atoms with Crippen LogP contribution >= 0.6 is 0 Å². The van der Waals surface area contributed by atoms with E-state index in [0.717, 1.165) is 0 Å². The summed E-state index contributed by atoms with van der Waals surface area (Å²) in [5, 5.41) is 17.4. The fraction of sp³-hybridized carbons (Fsp3) is 0.545. The average molecular weight is 255 g/mol. The SMILES string of the molecule is CC(C)C(CC(=O)O)NC(=O)NCc1ccno1. The fourth-order valence-corrected chi connectivity index (χ4v) is 1.36. The summed E-state index contributed by atoms with van der Waals surface area (Å²) in [4.78, 5) is 22.2. The summed E-state index contributed by atoms with van der Waals surface area (Å²) in [7, 11) is 0. The van der Waals surface area contributed by atoms with Crippen molar-refractivity contribution in [3.8, 4) is 0 Å². The van der Waals surface area contributed by atoms with Gasteiger partial charge in [0.15, 0.2) is 5.76 Å². The first kappa shape index (κ1) is 14.0. The molecule has 1 aromatic rings. The summed E-state index contributed by atoms with van der Waals surface area (Å²) < 4.78 is 4.81. The van der Waals surface area contributed by atoms with E-state index in [1.54, 1.807) is 6.07 Å². The van der Waals surface area contributed by atoms with E-state index in [-0.39, 0.29) is 18.9 Å². The van der Waals surface area contributed by atoms with E-state index < -0.39 is 18.0 Å². The Balaban J connectivity index is 2.38. The molecule has 7 nitrogen and oxygen atoms in total. The van der Waals surface area contributed by atoms with Crippen LogP contribution in [-0.4, -0.2) is 28.3 Å². The molecule has 1 unspecified atom stereocenters. The number of hydrogen-bond donors (Lipinski definition) is 3. The normalized spacial score (nSPS) is 12.2. The summed E-state index contributed by atoms with van der Waals surface area (Å²) >= 11 is 0. The van der Waals surface area contributed by atoms with Crippen molar-refractivity contribution in [2.45, 2.75) is 32.9 Å². The van der Waals surface area contributed by atoms with Gasteiger partial charge in [-0.05, 0) is 5.92 Å². The first-order chi connectivity index (χ1) is 8.49. The van der Waals surface area contributed by atoms with Gasteiger partial charge >= 0.3 is 12.0 Å². The van der Waals surface area contributed by atoms with Gasteiger partial charge in [0.05, 0.1) is 19.2 Å². The number of carbonyl (C=O) groups excluding carboxylic acids is 1. The summed E-state index contributed by atoms with van der Waals surface area (Å²) in [6.45, 7) is 3.92. The third-order valence-corrected chi connectivity index (χ3v) is 2.43. The molecule has 0 spiro atoms. The quantitative estimate of drug-likeness (QED) is 0.702. The number of carbonyl (C=O) groups is 2. The van der Waals surface area contributed by atoms with Gasteiger partial charge in [-0.2, -0.15) is 0 Å². The Bertz CT molecular complexity index is 389. The van der Waals surface area contributed by atoms with Crippen LogP contribution in [-0.2, 0) is 11.3 Å². The Hall–Kier alpha value is -2.05. The Morgan fingerprint density at radius 1 is 1.50 bits per heavy atom. The number of carboxylic acid groups (broad SMARTS) is 1. The van der Waals surface area contributed by atoms with Crippen LogP contribution in [0.25, 0.3) is 0 Å². The van der Waals surface area contributed by atoms with Crippen LogP contribution in [0.3, 0.4) is 0 Å². The van der Waals surface area contributed by atoms with E-state index >= 15 is 0 Å². The van der Waals surface area contributed by atoms with Crippen LogP contribution in [0.2, 0.25) is 0 Å². The Morgan fingerprint density at radius 2 is 2.22 bits per heavy atom. The Kier molecular flexibility index (Phi) is 5.16. The predicted molar refractivity (Wildman–Crippen MR) is 62.8 cm³/mol. The maximum Gasteiger partial charge on any atom is 0.315 e. The zero-order valence-corrected chi connectivity index (χ0v) is 10.3. The summed E-state index contributed by atoms with van der Waals surface area (Å²) in [6.07, 6.45) is 1.38. The van der Waals surface area contributed by atoms with Gasteiger partial charge in [-0.15, -0.1) is 0 Å². The zero-order chi connectivity index (χ0) is 13.5. The molecule has 0 fully saturated rings. The van der Waals surface area contributed by atoms with Crippen LogP contribution in [0.4, 0.5) is 4.79 Å². The molecule has 1 rings (SSSR count). The van der Waals surface area contributed by atoms with Crippen LogP contribution < -0.4 is 10.6 Å². The van der Waals surface area contributed by atoms with Crippen LogP contribution in [0.1, 0.15) is 26.0 Å². The molecule has 0 saturated carbocycles. The standard InChI is InChI=1S/C11H17N3O4/c1-7(2)9(5-10(15)16)14-11(17)12-6-8-3-4-13-18-8/h3-4,7,9H,5-6H2,1-2H3,(H,15,16)(H2,12,14,17). The fourth-order valence-electron chi connectivity index (χ4n) is 1.36. The molecule has 100 valence electrons. The second-order valence-corrected chi connectivity index (χ2v) is 4.25. The van der Waals surface area contributed by atoms with Crippen LogP contribution in [0, 0.1) is 5.92 Å². The van der Waals surface area contributed by atoms with Gasteiger partial charge < -0.3 is 20.3 Å². The van der Waals surface area contributed by atoms with Crippen molar-refractivity contribution in [2.75, 3.05) is 0 Å². The average Bonchev–Trinajstić information content (AvgIpc) is 2.77. The number of hydrogen-bond acceptors (Lipinski definition) is 4. The predicted octanol–water partition coefficient (Wildman–Crippen LogP) is 0.973. The van der Waals surface area contributed by atoms with Gasteiger partial charge in [0.25, 0.3) is 0 Å². The number of nitrogens with one attached hydrogen (secondary N) is 2. The second-order valence-electron chi connectivity index (χ2n) is 4.25. The first-order valence-electron chi connectivity index (χ1n) is 5.64. The van der Waals surface area contributed by atoms with E-state index in [0.29, 0.717) is 5.76 Å². The highest BCUT2D eigenvalue weighted by molar-refractivity contribution is 5.75. The number of carboxylic acids is 1. The largest absolute Gasteiger partial charge is 0.481 e. The summed E-state index contributed by atoms with van der Waals surface area (Å²) in [5.41, 5.74) is 0. The van der Waals surface area contributed by atoms with Gasteiger partial charge in [0.2, 0.25) is 0 Å². The maximum atomic E-state index is 11.6. The Labute approximate surface area is 105 Å². The molecule has 0 aliphatic carbocycles. The van der Waals surface area contributed by atoms with E-state index in [9.17, 15) is 9.59 Å². The van der Waals surface area contributed by atoms with Crippen molar-refractivity contribution < 1.29 is 19.2 Å². The van der Waals surface area contributed by atoms with Gasteiger partial charge in [-0.25, -0.2) is 4.79 Å². The highest BCUT2D eigenvalue weighted by Gasteiger charge is 2.19. The van der Waals surface area contributed by atoms with Crippen molar-refractivity contribution in [3.05, 3.63) is 18.0 Å². The number of aromatic nitrogens is 1. The van der Waals surface area contributed by atoms with Gasteiger partial charge in [0.1, 0.15) is 0 Å². The molecular formula is C11H17N3O4. The van der Waals surface area contributed by atoms with E-state index in [4.69, 9.17) is 9.63 Å². The molecule has 2 amide bonds. The third-order valence-electron chi connectivity index (χ3n) is 2.43. The lowest BCUT2D eigenvalue weighted by Crippen LogP contribution is -2.45. The van der Waals surface area contributed by atoms with Crippen molar-refractivity contribution >= 4 is 12.0 Å². The molecule has 0 aliphatic heterocycles. The number of rotatable bonds is 6. The number of aliphatic carboxylic acids is 1. The minimum atomic E-state index is -0.941. The number of urea groups is 1. The topological polar surface area (TPSA) is 104 Å². The molecule has 0 radical (unpaired) electrons. The highest BCUT2D eigenvalue weighted by Crippen LogP contribution is 2.06. The third kappa shape index (κ3) is 4.86. The Morgan fingerprint density at radius 3 is 2.72 bits per heavy atom. The number of amides is 2. The smallest absolute Gasteiger partial charge is 0.315 e. The van der Waals surface area contributed by atoms with Gasteiger partial charge in [0, 0.05) is 12.1 Å². The van der Waals surface area contributed by atoms with Crippen molar-refractivity contribution in [1.29, 1.82) is 0 Å². The summed E-state index contributed by atoms with van der Waals surface area (Å²) in [5.74, 6) is -0.370. The molecule has 0 bridgehead atoms. The summed E-state index contributed by atoms with van der Waals surface area (Å²) in [6, 6.07) is 0.806. The molecule has 1 atom stereocenters. The molecule has 0 aromatic carbocycles. The van der Waals surface area contributed by atoms with Crippen LogP contribution in [0.5, 0.6) is 0 Å². The highest BCUT2D eigenvalue weighted by atomic mass is 16.5. The molecule has 1 heterocycles. The van der Waals surface area contributed by atoms with Crippen molar-refractivity contribution in [3.63, 3.8) is 0 Å². The molecule has 1 aromatic heterocycles. The van der Waals surface area contributed by atoms with E-state index in [1.807, 2.05) is 13.8 Å². The van der Waals surface area contributed by atoms with Gasteiger partial charge in [-0.3, -0.25) is 4.79 Å². The molecule has 7 heteroatoms. The molecule has 0 aliphatic rings. The molecule has 0 saturated heterocycles. The monoisotopic (exact) mass is 255 g/mol.